The highest BCUT2D eigenvalue weighted by atomic mass is 32.2. The number of carbonyl (C=O) groups is 1. The van der Waals surface area contributed by atoms with Crippen LogP contribution in [-0.2, 0) is 21.4 Å². The molecule has 7 heteroatoms. The standard InChI is InChI=1S/C13H14N2O3S2/c14-12(16)10-15(9-11-5-2-1-3-6-11)20(17,18)13-7-4-8-19-13/h1-8H,9-10H2,(H2,14,16). The number of hydrogen-bond donors (Lipinski definition) is 1. The van der Waals surface area contributed by atoms with Gasteiger partial charge in [-0.1, -0.05) is 36.4 Å². The quantitative estimate of drug-likeness (QED) is 0.876. The molecule has 0 fully saturated rings. The lowest BCUT2D eigenvalue weighted by molar-refractivity contribution is -0.118. The van der Waals surface area contributed by atoms with E-state index in [1.54, 1.807) is 23.6 Å². The van der Waals surface area contributed by atoms with E-state index in [9.17, 15) is 13.2 Å². The van der Waals surface area contributed by atoms with Crippen LogP contribution in [0, 0.1) is 0 Å². The lowest BCUT2D eigenvalue weighted by Crippen LogP contribution is -2.37. The summed E-state index contributed by atoms with van der Waals surface area (Å²) in [6, 6.07) is 12.2. The van der Waals surface area contributed by atoms with Crippen molar-refractivity contribution in [3.63, 3.8) is 0 Å². The highest BCUT2D eigenvalue weighted by molar-refractivity contribution is 7.91. The Bertz CT molecular complexity index is 667. The summed E-state index contributed by atoms with van der Waals surface area (Å²) in [4.78, 5) is 11.1. The number of nitrogens with two attached hydrogens (primary N) is 1. The first-order valence-electron chi connectivity index (χ1n) is 5.86. The predicted octanol–water partition coefficient (Wildman–Crippen LogP) is 1.42. The number of hydrogen-bond acceptors (Lipinski definition) is 4. The van der Waals surface area contributed by atoms with Gasteiger partial charge >= 0.3 is 0 Å². The number of carbonyl (C=O) groups excluding carboxylic acids is 1. The fraction of sp³-hybridized carbons (Fsp3) is 0.154. The Kier molecular flexibility index (Phi) is 4.53. The Morgan fingerprint density at radius 1 is 1.15 bits per heavy atom. The minimum atomic E-state index is -3.70. The van der Waals surface area contributed by atoms with Crippen molar-refractivity contribution in [1.82, 2.24) is 4.31 Å². The highest BCUT2D eigenvalue weighted by Crippen LogP contribution is 2.22. The van der Waals surface area contributed by atoms with Crippen LogP contribution in [0.3, 0.4) is 0 Å². The smallest absolute Gasteiger partial charge is 0.253 e. The number of primary amides is 1. The van der Waals surface area contributed by atoms with Crippen LogP contribution in [0.1, 0.15) is 5.56 Å². The topological polar surface area (TPSA) is 80.5 Å². The van der Waals surface area contributed by atoms with Gasteiger partial charge in [0, 0.05) is 6.54 Å². The van der Waals surface area contributed by atoms with Crippen molar-refractivity contribution in [2.24, 2.45) is 5.73 Å². The van der Waals surface area contributed by atoms with Gasteiger partial charge in [0.2, 0.25) is 5.91 Å². The van der Waals surface area contributed by atoms with Crippen LogP contribution in [0.5, 0.6) is 0 Å². The van der Waals surface area contributed by atoms with Gasteiger partial charge in [0.25, 0.3) is 10.0 Å². The summed E-state index contributed by atoms with van der Waals surface area (Å²) in [5.41, 5.74) is 5.96. The number of benzene rings is 1. The number of rotatable bonds is 6. The van der Waals surface area contributed by atoms with Crippen LogP contribution >= 0.6 is 11.3 Å². The number of nitrogens with zero attached hydrogens (tertiary/aromatic N) is 1. The fourth-order valence-corrected chi connectivity index (χ4v) is 4.26. The van der Waals surface area contributed by atoms with E-state index in [2.05, 4.69) is 0 Å². The summed E-state index contributed by atoms with van der Waals surface area (Å²) in [6.45, 7) is -0.223. The van der Waals surface area contributed by atoms with E-state index in [0.717, 1.165) is 21.2 Å². The summed E-state index contributed by atoms with van der Waals surface area (Å²) in [5.74, 6) is -0.680. The molecule has 2 N–H and O–H groups in total. The number of sulfonamides is 1. The zero-order valence-corrected chi connectivity index (χ0v) is 12.2. The summed E-state index contributed by atoms with van der Waals surface area (Å²) in [5, 5.41) is 1.68. The molecule has 0 radical (unpaired) electrons. The van der Waals surface area contributed by atoms with Gasteiger partial charge in [-0.15, -0.1) is 11.3 Å². The Balaban J connectivity index is 2.31. The first-order chi connectivity index (χ1) is 9.50. The van der Waals surface area contributed by atoms with E-state index in [-0.39, 0.29) is 17.3 Å². The average molecular weight is 310 g/mol. The number of thiophene rings is 1. The Morgan fingerprint density at radius 3 is 2.40 bits per heavy atom. The molecule has 1 heterocycles. The predicted molar refractivity (Wildman–Crippen MR) is 77.6 cm³/mol. The van der Waals surface area contributed by atoms with Crippen molar-refractivity contribution >= 4 is 27.3 Å². The third-order valence-electron chi connectivity index (χ3n) is 2.62. The van der Waals surface area contributed by atoms with Crippen LogP contribution in [0.2, 0.25) is 0 Å². The normalized spacial score (nSPS) is 11.7. The third-order valence-corrected chi connectivity index (χ3v) is 5.79. The summed E-state index contributed by atoms with van der Waals surface area (Å²) in [7, 11) is -3.70. The Morgan fingerprint density at radius 2 is 1.85 bits per heavy atom. The van der Waals surface area contributed by atoms with Gasteiger partial charge < -0.3 is 5.73 Å². The molecule has 0 unspecified atom stereocenters. The summed E-state index contributed by atoms with van der Waals surface area (Å²) < 4.78 is 26.2. The molecule has 0 saturated heterocycles. The largest absolute Gasteiger partial charge is 0.369 e. The summed E-state index contributed by atoms with van der Waals surface area (Å²) in [6.07, 6.45) is 0. The zero-order chi connectivity index (χ0) is 14.6. The van der Waals surface area contributed by atoms with Crippen molar-refractivity contribution in [2.75, 3.05) is 6.54 Å². The molecule has 1 aromatic heterocycles. The molecule has 20 heavy (non-hydrogen) atoms. The van der Waals surface area contributed by atoms with Crippen LogP contribution in [-0.4, -0.2) is 25.2 Å². The lowest BCUT2D eigenvalue weighted by atomic mass is 10.2. The molecule has 1 amide bonds. The maximum Gasteiger partial charge on any atom is 0.253 e. The second-order valence-corrected chi connectivity index (χ2v) is 7.27. The number of amides is 1. The van der Waals surface area contributed by atoms with Gasteiger partial charge in [0.05, 0.1) is 6.54 Å². The maximum atomic E-state index is 12.5. The van der Waals surface area contributed by atoms with E-state index >= 15 is 0 Å². The van der Waals surface area contributed by atoms with Gasteiger partial charge in [-0.05, 0) is 17.0 Å². The minimum Gasteiger partial charge on any atom is -0.369 e. The molecule has 0 aliphatic heterocycles. The molecule has 1 aromatic carbocycles. The Hall–Kier alpha value is -1.70. The fourth-order valence-electron chi connectivity index (χ4n) is 1.72. The van der Waals surface area contributed by atoms with Crippen LogP contribution in [0.15, 0.2) is 52.1 Å². The van der Waals surface area contributed by atoms with Gasteiger partial charge in [-0.3, -0.25) is 4.79 Å². The van der Waals surface area contributed by atoms with Gasteiger partial charge in [0.15, 0.2) is 0 Å². The molecule has 0 spiro atoms. The van der Waals surface area contributed by atoms with Gasteiger partial charge in [-0.25, -0.2) is 8.42 Å². The first kappa shape index (κ1) is 14.7. The van der Waals surface area contributed by atoms with E-state index in [0.29, 0.717) is 0 Å². The molecule has 2 rings (SSSR count). The lowest BCUT2D eigenvalue weighted by Gasteiger charge is -2.19. The molecule has 0 saturated carbocycles. The second kappa shape index (κ2) is 6.17. The maximum absolute atomic E-state index is 12.5. The third kappa shape index (κ3) is 3.44. The van der Waals surface area contributed by atoms with E-state index in [4.69, 9.17) is 5.73 Å². The van der Waals surface area contributed by atoms with Crippen molar-refractivity contribution in [1.29, 1.82) is 0 Å². The monoisotopic (exact) mass is 310 g/mol. The molecular formula is C13H14N2O3S2. The second-order valence-electron chi connectivity index (χ2n) is 4.16. The van der Waals surface area contributed by atoms with E-state index in [1.807, 2.05) is 18.2 Å². The van der Waals surface area contributed by atoms with E-state index < -0.39 is 15.9 Å². The molecular weight excluding hydrogens is 296 g/mol. The average Bonchev–Trinajstić information content (AvgIpc) is 2.93. The molecule has 0 bridgehead atoms. The molecule has 0 aliphatic rings. The van der Waals surface area contributed by atoms with Crippen molar-refractivity contribution < 1.29 is 13.2 Å². The molecule has 106 valence electrons. The molecule has 5 nitrogen and oxygen atoms in total. The van der Waals surface area contributed by atoms with Crippen molar-refractivity contribution in [2.45, 2.75) is 10.8 Å². The minimum absolute atomic E-state index is 0.115. The van der Waals surface area contributed by atoms with Gasteiger partial charge in [-0.2, -0.15) is 4.31 Å². The molecule has 0 atom stereocenters. The SMILES string of the molecule is NC(=O)CN(Cc1ccccc1)S(=O)(=O)c1cccs1. The van der Waals surface area contributed by atoms with Crippen LogP contribution in [0.25, 0.3) is 0 Å². The molecule has 0 aliphatic carbocycles. The zero-order valence-electron chi connectivity index (χ0n) is 10.6. The summed E-state index contributed by atoms with van der Waals surface area (Å²) >= 11 is 1.11. The first-order valence-corrected chi connectivity index (χ1v) is 8.18. The highest BCUT2D eigenvalue weighted by Gasteiger charge is 2.26. The van der Waals surface area contributed by atoms with Crippen molar-refractivity contribution in [3.05, 3.63) is 53.4 Å². The van der Waals surface area contributed by atoms with Crippen LogP contribution < -0.4 is 5.73 Å². The van der Waals surface area contributed by atoms with Gasteiger partial charge in [0.1, 0.15) is 4.21 Å². The molecule has 2 aromatic rings. The van der Waals surface area contributed by atoms with Crippen LogP contribution in [0.4, 0.5) is 0 Å². The Labute approximate surface area is 121 Å². The van der Waals surface area contributed by atoms with Crippen molar-refractivity contribution in [3.8, 4) is 0 Å². The van der Waals surface area contributed by atoms with E-state index in [1.165, 1.54) is 6.07 Å².